The molecule has 4 fully saturated rings. The van der Waals surface area contributed by atoms with Gasteiger partial charge >= 0.3 is 10.2 Å². The molecule has 3 aromatic rings. The summed E-state index contributed by atoms with van der Waals surface area (Å²) in [6, 6.07) is 14.3. The maximum Gasteiger partial charge on any atom is 0.304 e. The molecule has 2 aliphatic heterocycles. The lowest BCUT2D eigenvalue weighted by atomic mass is 9.81. The predicted octanol–water partition coefficient (Wildman–Crippen LogP) is 5.77. The molecule has 2 saturated heterocycles. The van der Waals surface area contributed by atoms with Crippen molar-refractivity contribution >= 4 is 32.9 Å². The smallest absolute Gasteiger partial charge is 0.304 e. The second kappa shape index (κ2) is 13.4. The predicted molar refractivity (Wildman–Crippen MR) is 192 cm³/mol. The van der Waals surface area contributed by atoms with Crippen LogP contribution in [0.1, 0.15) is 93.5 Å². The molecule has 0 radical (unpaired) electrons. The van der Waals surface area contributed by atoms with Crippen molar-refractivity contribution < 1.29 is 22.7 Å². The minimum atomic E-state index is -3.99. The van der Waals surface area contributed by atoms with E-state index >= 15 is 0 Å². The highest BCUT2D eigenvalue weighted by atomic mass is 32.2. The molecule has 0 spiro atoms. The van der Waals surface area contributed by atoms with E-state index in [1.807, 2.05) is 24.3 Å². The van der Waals surface area contributed by atoms with Crippen LogP contribution in [0.2, 0.25) is 0 Å². The third-order valence-corrected chi connectivity index (χ3v) is 13.3. The normalized spacial score (nSPS) is 22.5. The van der Waals surface area contributed by atoms with Gasteiger partial charge in [-0.2, -0.15) is 12.7 Å². The molecule has 1 N–H and O–H groups in total. The van der Waals surface area contributed by atoms with E-state index in [2.05, 4.69) is 38.3 Å². The van der Waals surface area contributed by atoms with Gasteiger partial charge in [-0.05, 0) is 99.0 Å². The zero-order chi connectivity index (χ0) is 34.5. The van der Waals surface area contributed by atoms with Gasteiger partial charge in [-0.1, -0.05) is 39.2 Å². The molecular formula is C38H51N5O5S. The lowest BCUT2D eigenvalue weighted by Gasteiger charge is -2.41. The number of carbonyl (C=O) groups excluding carboxylic acids is 2. The molecule has 1 aromatic heterocycles. The fourth-order valence-electron chi connectivity index (χ4n) is 8.96. The first-order valence-electron chi connectivity index (χ1n) is 18.2. The first-order chi connectivity index (χ1) is 23.6. The average molecular weight is 690 g/mol. The number of fused-ring (bicyclic) bond motifs is 3. The fraction of sp³-hybridized carbons (Fsp3) is 0.579. The number of methoxy groups -OCH3 is 1. The Bertz CT molecular complexity index is 1810. The van der Waals surface area contributed by atoms with Crippen molar-refractivity contribution in [1.82, 2.24) is 23.4 Å². The molecule has 3 heterocycles. The number of nitrogens with zero attached hydrogens (tertiary/aromatic N) is 4. The Labute approximate surface area is 290 Å². The van der Waals surface area contributed by atoms with E-state index in [4.69, 9.17) is 4.74 Å². The van der Waals surface area contributed by atoms with Crippen LogP contribution in [0, 0.1) is 5.41 Å². The summed E-state index contributed by atoms with van der Waals surface area (Å²) in [7, 11) is -0.172. The van der Waals surface area contributed by atoms with Crippen LogP contribution in [-0.4, -0.2) is 91.3 Å². The Kier molecular flexibility index (Phi) is 9.30. The number of benzene rings is 2. The van der Waals surface area contributed by atoms with E-state index in [0.717, 1.165) is 92.4 Å². The Hall–Kier alpha value is -3.41. The molecular weight excluding hydrogens is 639 g/mol. The van der Waals surface area contributed by atoms with Gasteiger partial charge in [0.15, 0.2) is 0 Å². The highest BCUT2D eigenvalue weighted by molar-refractivity contribution is 7.87. The van der Waals surface area contributed by atoms with Gasteiger partial charge in [0.2, 0.25) is 5.91 Å². The largest absolute Gasteiger partial charge is 0.497 e. The molecule has 11 heteroatoms. The number of amides is 2. The minimum Gasteiger partial charge on any atom is -0.497 e. The van der Waals surface area contributed by atoms with E-state index in [1.54, 1.807) is 27.0 Å². The van der Waals surface area contributed by atoms with Crippen molar-refractivity contribution in [3.63, 3.8) is 0 Å². The van der Waals surface area contributed by atoms with Crippen LogP contribution in [0.25, 0.3) is 22.2 Å². The van der Waals surface area contributed by atoms with Crippen LogP contribution in [0.15, 0.2) is 42.5 Å². The quantitative estimate of drug-likeness (QED) is 0.275. The zero-order valence-corrected chi connectivity index (χ0v) is 30.2. The number of likely N-dealkylation sites (tertiary alicyclic amines) is 1. The number of hydrogen-bond acceptors (Lipinski definition) is 6. The number of hydrogen-bond donors (Lipinski definition) is 1. The summed E-state index contributed by atoms with van der Waals surface area (Å²) in [6.45, 7) is 6.39. The monoisotopic (exact) mass is 689 g/mol. The van der Waals surface area contributed by atoms with Crippen LogP contribution >= 0.6 is 0 Å². The topological polar surface area (TPSA) is 104 Å². The molecule has 2 unspecified atom stereocenters. The number of likely N-dealkylation sites (N-methyl/N-ethyl adjacent to an activating group) is 1. The van der Waals surface area contributed by atoms with Crippen molar-refractivity contribution in [1.29, 1.82) is 0 Å². The van der Waals surface area contributed by atoms with Crippen molar-refractivity contribution in [3.8, 4) is 17.0 Å². The van der Waals surface area contributed by atoms with Gasteiger partial charge in [0, 0.05) is 61.3 Å². The second-order valence-electron chi connectivity index (χ2n) is 14.8. The SMILES string of the molecule is CCN(CC)S(=O)(=O)NC(=O)c1ccc2c(C3CCCCC3)c(-c3ccc(OC)cc3)n(CC3(C(=O)N4C5CCC4CN(C)C5)CC3)c2c1. The first kappa shape index (κ1) is 34.1. The van der Waals surface area contributed by atoms with E-state index in [0.29, 0.717) is 12.5 Å². The summed E-state index contributed by atoms with van der Waals surface area (Å²) in [5.74, 6) is 0.738. The van der Waals surface area contributed by atoms with E-state index in [9.17, 15) is 18.0 Å². The maximum atomic E-state index is 14.6. The van der Waals surface area contributed by atoms with E-state index in [-0.39, 0.29) is 36.6 Å². The minimum absolute atomic E-state index is 0.261. The van der Waals surface area contributed by atoms with Gasteiger partial charge in [-0.25, -0.2) is 4.72 Å². The molecule has 2 atom stereocenters. The average Bonchev–Trinajstić information content (AvgIpc) is 3.75. The highest BCUT2D eigenvalue weighted by Gasteiger charge is 2.56. The molecule has 10 nitrogen and oxygen atoms in total. The Morgan fingerprint density at radius 2 is 1.59 bits per heavy atom. The molecule has 2 amide bonds. The van der Waals surface area contributed by atoms with E-state index < -0.39 is 21.5 Å². The summed E-state index contributed by atoms with van der Waals surface area (Å²) >= 11 is 0. The van der Waals surface area contributed by atoms with Gasteiger partial charge in [0.05, 0.1) is 18.2 Å². The highest BCUT2D eigenvalue weighted by Crippen LogP contribution is 2.53. The molecule has 49 heavy (non-hydrogen) atoms. The number of carbonyl (C=O) groups is 2. The molecule has 4 aliphatic rings. The van der Waals surface area contributed by atoms with Crippen molar-refractivity contribution in [2.45, 2.75) is 96.2 Å². The second-order valence-corrected chi connectivity index (χ2v) is 16.4. The maximum absolute atomic E-state index is 14.6. The number of rotatable bonds is 11. The summed E-state index contributed by atoms with van der Waals surface area (Å²) < 4.78 is 37.5. The Morgan fingerprint density at radius 1 is 0.939 bits per heavy atom. The molecule has 2 aliphatic carbocycles. The molecule has 2 bridgehead atoms. The molecule has 2 saturated carbocycles. The van der Waals surface area contributed by atoms with Gasteiger partial charge in [-0.3, -0.25) is 9.59 Å². The number of nitrogens with one attached hydrogen (secondary N) is 1. The third-order valence-electron chi connectivity index (χ3n) is 11.7. The van der Waals surface area contributed by atoms with Crippen molar-refractivity contribution in [2.24, 2.45) is 5.41 Å². The number of aromatic nitrogens is 1. The zero-order valence-electron chi connectivity index (χ0n) is 29.4. The van der Waals surface area contributed by atoms with Crippen LogP contribution in [0.4, 0.5) is 0 Å². The number of piperazine rings is 1. The van der Waals surface area contributed by atoms with Crippen LogP contribution in [-0.2, 0) is 21.5 Å². The van der Waals surface area contributed by atoms with Crippen LogP contribution < -0.4 is 9.46 Å². The first-order valence-corrected chi connectivity index (χ1v) is 19.7. The van der Waals surface area contributed by atoms with Crippen molar-refractivity contribution in [3.05, 3.63) is 53.6 Å². The number of ether oxygens (including phenoxy) is 1. The van der Waals surface area contributed by atoms with E-state index in [1.165, 1.54) is 16.3 Å². The summed E-state index contributed by atoms with van der Waals surface area (Å²) in [5.41, 5.74) is 4.07. The Morgan fingerprint density at radius 3 is 2.18 bits per heavy atom. The van der Waals surface area contributed by atoms with Gasteiger partial charge in [0.1, 0.15) is 5.75 Å². The summed E-state index contributed by atoms with van der Waals surface area (Å²) in [5, 5.41) is 1.07. The lowest BCUT2D eigenvalue weighted by molar-refractivity contribution is -0.143. The molecule has 2 aromatic carbocycles. The molecule has 264 valence electrons. The molecule has 7 rings (SSSR count). The third kappa shape index (κ3) is 6.27. The van der Waals surface area contributed by atoms with Gasteiger partial charge in [-0.15, -0.1) is 0 Å². The standard InChI is InChI=1S/C38H51N5O5S/c1-5-41(6-2)49(46,47)39-36(44)28-14-19-32-33(22-28)42(25-38(20-21-38)37(45)43-29-15-16-30(43)24-40(3)23-29)35(27-12-17-31(48-4)18-13-27)34(32)26-10-8-7-9-11-26/h12-14,17-19,22,26,29-30H,5-11,15-16,20-21,23-25H2,1-4H3,(H,39,44). The van der Waals surface area contributed by atoms with Gasteiger partial charge < -0.3 is 19.1 Å². The lowest BCUT2D eigenvalue weighted by Crippen LogP contribution is -2.56. The summed E-state index contributed by atoms with van der Waals surface area (Å²) in [4.78, 5) is 32.8. The van der Waals surface area contributed by atoms with Gasteiger partial charge in [0.25, 0.3) is 5.91 Å². The van der Waals surface area contributed by atoms with Crippen LogP contribution in [0.3, 0.4) is 0 Å². The van der Waals surface area contributed by atoms with Crippen LogP contribution in [0.5, 0.6) is 5.75 Å². The summed E-state index contributed by atoms with van der Waals surface area (Å²) in [6.07, 6.45) is 9.50. The van der Waals surface area contributed by atoms with Crippen molar-refractivity contribution in [2.75, 3.05) is 40.3 Å². The Balaban J connectivity index is 1.36. The fourth-order valence-corrected chi connectivity index (χ4v) is 10.1.